The number of hydrazine groups is 1. The number of thioether (sulfide) groups is 2. The molecule has 0 saturated carbocycles. The molecule has 1 aromatic heterocycles. The summed E-state index contributed by atoms with van der Waals surface area (Å²) >= 11 is 3.54. The minimum Gasteiger partial charge on any atom is -0.460 e. The molecule has 43 heavy (non-hydrogen) atoms. The fourth-order valence-electron chi connectivity index (χ4n) is 5.17. The lowest BCUT2D eigenvalue weighted by Gasteiger charge is -2.27. The normalized spacial score (nSPS) is 18.4. The van der Waals surface area contributed by atoms with Gasteiger partial charge in [0.1, 0.15) is 11.6 Å². The van der Waals surface area contributed by atoms with Crippen molar-refractivity contribution in [2.24, 2.45) is 5.73 Å². The molecule has 0 bridgehead atoms. The van der Waals surface area contributed by atoms with Crippen molar-refractivity contribution in [3.05, 3.63) is 53.6 Å². The summed E-state index contributed by atoms with van der Waals surface area (Å²) in [7, 11) is 0. The maximum atomic E-state index is 13.8. The van der Waals surface area contributed by atoms with Crippen LogP contribution in [0, 0.1) is 0 Å². The molecule has 0 aliphatic carbocycles. The zero-order valence-electron chi connectivity index (χ0n) is 24.8. The third kappa shape index (κ3) is 9.63. The Labute approximate surface area is 260 Å². The maximum absolute atomic E-state index is 13.8. The van der Waals surface area contributed by atoms with Crippen molar-refractivity contribution < 1.29 is 23.9 Å². The first-order chi connectivity index (χ1) is 20.4. The third-order valence-corrected chi connectivity index (χ3v) is 10.4. The maximum Gasteiger partial charge on any atom is 0.326 e. The number of nitrogens with zero attached hydrogens (tertiary/aromatic N) is 2. The van der Waals surface area contributed by atoms with Crippen LogP contribution in [0.2, 0.25) is 0 Å². The lowest BCUT2D eigenvalue weighted by molar-refractivity contribution is -0.155. The fraction of sp³-hybridized carbons (Fsp3) is 0.552. The average molecular weight is 632 g/mol. The topological polar surface area (TPSA) is 172 Å². The average Bonchev–Trinajstić information content (AvgIpc) is 3.68. The molecule has 2 atom stereocenters. The summed E-state index contributed by atoms with van der Waals surface area (Å²) in [5.74, 6) is 0.857. The smallest absolute Gasteiger partial charge is 0.326 e. The van der Waals surface area contributed by atoms with E-state index in [-0.39, 0.29) is 34.7 Å². The number of primary amides is 1. The first-order valence-electron chi connectivity index (χ1n) is 14.4. The Morgan fingerprint density at radius 1 is 1.16 bits per heavy atom. The van der Waals surface area contributed by atoms with E-state index >= 15 is 0 Å². The van der Waals surface area contributed by atoms with Gasteiger partial charge in [0.25, 0.3) is 5.91 Å². The molecule has 234 valence electrons. The number of nitrogens with one attached hydrogen (secondary N) is 4. The Hall–Kier alpha value is -3.23. The van der Waals surface area contributed by atoms with Gasteiger partial charge >= 0.3 is 12.0 Å². The second kappa shape index (κ2) is 14.5. The minimum absolute atomic E-state index is 0.0216. The number of urea groups is 1. The lowest BCUT2D eigenvalue weighted by Crippen LogP contribution is -2.54. The van der Waals surface area contributed by atoms with Crippen molar-refractivity contribution in [2.45, 2.75) is 74.6 Å². The van der Waals surface area contributed by atoms with Gasteiger partial charge in [-0.2, -0.15) is 0 Å². The van der Waals surface area contributed by atoms with Gasteiger partial charge in [0.05, 0.1) is 16.5 Å². The Morgan fingerprint density at radius 3 is 2.56 bits per heavy atom. The van der Waals surface area contributed by atoms with E-state index in [1.165, 1.54) is 5.56 Å². The van der Waals surface area contributed by atoms with Crippen molar-refractivity contribution in [1.29, 1.82) is 0 Å². The van der Waals surface area contributed by atoms with Gasteiger partial charge in [-0.3, -0.25) is 19.8 Å². The number of hydrogen-bond acceptors (Lipinski definition) is 9. The standard InChI is InChI=1S/C29H41N7O5S2/c1-28(2,3)41-23(37)14-21(17-32-35-27(30)40)34-25(38)22-15-29(42-12-13-43-29)18-36(22)26(39)24-31-16-20(33-24)11-7-10-19-8-5-4-6-9-19/h4-6,8-9,16,21-22,32H,7,10-15,17-18H2,1-3H3,(H,31,33)(H,34,38)(H3,30,35,40)/t21-,22-/m0/s1. The molecular weight excluding hydrogens is 590 g/mol. The van der Waals surface area contributed by atoms with E-state index in [4.69, 9.17) is 10.5 Å². The Bertz CT molecular complexity index is 1280. The lowest BCUT2D eigenvalue weighted by atomic mass is 10.1. The molecule has 3 heterocycles. The van der Waals surface area contributed by atoms with Crippen LogP contribution in [0.15, 0.2) is 36.5 Å². The van der Waals surface area contributed by atoms with E-state index in [1.807, 2.05) is 18.2 Å². The van der Waals surface area contributed by atoms with Gasteiger partial charge in [-0.1, -0.05) is 30.3 Å². The number of ether oxygens (including phenoxy) is 1. The van der Waals surface area contributed by atoms with E-state index in [0.29, 0.717) is 13.0 Å². The fourth-order valence-corrected chi connectivity index (χ4v) is 8.42. The van der Waals surface area contributed by atoms with Crippen LogP contribution in [0.5, 0.6) is 0 Å². The zero-order valence-corrected chi connectivity index (χ0v) is 26.4. The predicted octanol–water partition coefficient (Wildman–Crippen LogP) is 2.37. The number of H-pyrrole nitrogens is 1. The SMILES string of the molecule is CC(C)(C)OC(=O)C[C@@H](CNNC(N)=O)NC(=O)[C@@H]1CC2(CN1C(=O)c1ncc(CCCc3ccccc3)[nH]1)SCCS2. The van der Waals surface area contributed by atoms with Crippen LogP contribution in [-0.2, 0) is 27.2 Å². The Balaban J connectivity index is 1.44. The summed E-state index contributed by atoms with van der Waals surface area (Å²) < 4.78 is 5.16. The second-order valence-corrected chi connectivity index (χ2v) is 14.9. The van der Waals surface area contributed by atoms with E-state index in [0.717, 1.165) is 36.5 Å². The highest BCUT2D eigenvalue weighted by atomic mass is 32.2. The molecule has 2 aromatic rings. The third-order valence-electron chi connectivity index (χ3n) is 6.99. The summed E-state index contributed by atoms with van der Waals surface area (Å²) in [4.78, 5) is 60.4. The Morgan fingerprint density at radius 2 is 1.88 bits per heavy atom. The number of rotatable bonds is 12. The highest BCUT2D eigenvalue weighted by Gasteiger charge is 2.52. The molecule has 0 unspecified atom stereocenters. The summed E-state index contributed by atoms with van der Waals surface area (Å²) in [5, 5.41) is 2.90. The van der Waals surface area contributed by atoms with Crippen LogP contribution in [0.25, 0.3) is 0 Å². The zero-order chi connectivity index (χ0) is 31.0. The number of aromatic amines is 1. The first-order valence-corrected chi connectivity index (χ1v) is 16.4. The van der Waals surface area contributed by atoms with Gasteiger partial charge < -0.3 is 25.7 Å². The summed E-state index contributed by atoms with van der Waals surface area (Å²) in [6.07, 6.45) is 4.58. The number of nitrogens with two attached hydrogens (primary N) is 1. The number of carbonyl (C=O) groups is 4. The monoisotopic (exact) mass is 631 g/mol. The molecule has 0 radical (unpaired) electrons. The molecule has 6 N–H and O–H groups in total. The molecule has 12 nitrogen and oxygen atoms in total. The van der Waals surface area contributed by atoms with Crippen molar-refractivity contribution in [1.82, 2.24) is 31.0 Å². The molecular formula is C29H41N7O5S2. The highest BCUT2D eigenvalue weighted by Crippen LogP contribution is 2.52. The summed E-state index contributed by atoms with van der Waals surface area (Å²) in [6.45, 7) is 5.70. The second-order valence-electron chi connectivity index (χ2n) is 11.7. The quantitative estimate of drug-likeness (QED) is 0.174. The van der Waals surface area contributed by atoms with Gasteiger partial charge in [-0.15, -0.1) is 23.5 Å². The molecule has 2 aliphatic rings. The number of amides is 4. The number of hydrogen-bond donors (Lipinski definition) is 5. The molecule has 2 fully saturated rings. The predicted molar refractivity (Wildman–Crippen MR) is 167 cm³/mol. The number of benzene rings is 1. The van der Waals surface area contributed by atoms with E-state index < -0.39 is 29.7 Å². The molecule has 1 spiro atoms. The van der Waals surface area contributed by atoms with Crippen molar-refractivity contribution in [2.75, 3.05) is 24.6 Å². The molecule has 2 saturated heterocycles. The van der Waals surface area contributed by atoms with E-state index in [1.54, 1.807) is 55.4 Å². The van der Waals surface area contributed by atoms with Gasteiger partial charge in [0.2, 0.25) is 5.91 Å². The number of carbonyl (C=O) groups excluding carboxylic acids is 4. The number of likely N-dealkylation sites (tertiary alicyclic amines) is 1. The number of esters is 1. The summed E-state index contributed by atoms with van der Waals surface area (Å²) in [6, 6.07) is 7.93. The summed E-state index contributed by atoms with van der Waals surface area (Å²) in [5.41, 5.74) is 11.5. The molecule has 1 aromatic carbocycles. The largest absolute Gasteiger partial charge is 0.460 e. The molecule has 14 heteroatoms. The van der Waals surface area contributed by atoms with Crippen LogP contribution >= 0.6 is 23.5 Å². The Kier molecular flexibility index (Phi) is 11.0. The molecule has 4 rings (SSSR count). The van der Waals surface area contributed by atoms with Gasteiger partial charge in [-0.05, 0) is 45.6 Å². The number of aryl methyl sites for hydroxylation is 2. The van der Waals surface area contributed by atoms with Gasteiger partial charge in [-0.25, -0.2) is 15.2 Å². The van der Waals surface area contributed by atoms with Gasteiger partial charge in [0, 0.05) is 42.9 Å². The van der Waals surface area contributed by atoms with Crippen molar-refractivity contribution in [3.8, 4) is 0 Å². The highest BCUT2D eigenvalue weighted by molar-refractivity contribution is 8.21. The molecule has 4 amide bonds. The van der Waals surface area contributed by atoms with Crippen LogP contribution in [0.1, 0.15) is 61.9 Å². The van der Waals surface area contributed by atoms with E-state index in [9.17, 15) is 19.2 Å². The van der Waals surface area contributed by atoms with Crippen LogP contribution in [0.3, 0.4) is 0 Å². The number of imidazole rings is 1. The number of aromatic nitrogens is 2. The van der Waals surface area contributed by atoms with Gasteiger partial charge in [0.15, 0.2) is 5.82 Å². The van der Waals surface area contributed by atoms with Crippen LogP contribution < -0.4 is 21.9 Å². The van der Waals surface area contributed by atoms with E-state index in [2.05, 4.69) is 38.3 Å². The van der Waals surface area contributed by atoms with Crippen LogP contribution in [-0.4, -0.2) is 85.0 Å². The van der Waals surface area contributed by atoms with Crippen LogP contribution in [0.4, 0.5) is 4.79 Å². The minimum atomic E-state index is -0.801. The van der Waals surface area contributed by atoms with Crippen molar-refractivity contribution in [3.63, 3.8) is 0 Å². The van der Waals surface area contributed by atoms with Crippen molar-refractivity contribution >= 4 is 47.3 Å². The molecule has 2 aliphatic heterocycles. The first kappa shape index (κ1) is 32.7.